The van der Waals surface area contributed by atoms with Crippen LogP contribution in [0.15, 0.2) is 24.3 Å². The summed E-state index contributed by atoms with van der Waals surface area (Å²) in [7, 11) is 0. The SMILES string of the molecule is Cc1cc2cc([N+](=O)[O-])ccc2n1CC(C)(C)N. The number of nitrogens with two attached hydrogens (primary N) is 1. The Morgan fingerprint density at radius 2 is 2.06 bits per heavy atom. The third-order valence-electron chi connectivity index (χ3n) is 2.87. The van der Waals surface area contributed by atoms with E-state index in [0.29, 0.717) is 6.54 Å². The van der Waals surface area contributed by atoms with Gasteiger partial charge in [0.25, 0.3) is 5.69 Å². The van der Waals surface area contributed by atoms with Crippen LogP contribution in [0.25, 0.3) is 10.9 Å². The number of aryl methyl sites for hydroxylation is 1. The van der Waals surface area contributed by atoms with Gasteiger partial charge in [0.1, 0.15) is 0 Å². The zero-order valence-corrected chi connectivity index (χ0v) is 10.8. The van der Waals surface area contributed by atoms with Crippen LogP contribution in [0.3, 0.4) is 0 Å². The molecule has 1 aromatic carbocycles. The molecule has 0 aliphatic rings. The number of non-ortho nitro benzene ring substituents is 1. The standard InChI is InChI=1S/C13H17N3O2/c1-9-6-10-7-11(16(17)18)4-5-12(10)15(9)8-13(2,3)14/h4-7H,8,14H2,1-3H3. The van der Waals surface area contributed by atoms with Crippen LogP contribution >= 0.6 is 0 Å². The molecule has 96 valence electrons. The van der Waals surface area contributed by atoms with Gasteiger partial charge in [-0.25, -0.2) is 0 Å². The minimum absolute atomic E-state index is 0.117. The van der Waals surface area contributed by atoms with Gasteiger partial charge in [-0.05, 0) is 32.9 Å². The number of nitro benzene ring substituents is 1. The van der Waals surface area contributed by atoms with Crippen LogP contribution in [0.4, 0.5) is 5.69 Å². The molecule has 0 fully saturated rings. The van der Waals surface area contributed by atoms with Crippen LogP contribution < -0.4 is 5.73 Å². The van der Waals surface area contributed by atoms with Crippen LogP contribution in [0, 0.1) is 17.0 Å². The summed E-state index contributed by atoms with van der Waals surface area (Å²) >= 11 is 0. The highest BCUT2D eigenvalue weighted by molar-refractivity contribution is 5.83. The molecule has 0 spiro atoms. The van der Waals surface area contributed by atoms with Crippen LogP contribution in [-0.4, -0.2) is 15.0 Å². The number of rotatable bonds is 3. The molecule has 0 unspecified atom stereocenters. The summed E-state index contributed by atoms with van der Waals surface area (Å²) < 4.78 is 2.10. The summed E-state index contributed by atoms with van der Waals surface area (Å²) in [5.41, 5.74) is 7.87. The first-order valence-corrected chi connectivity index (χ1v) is 5.81. The lowest BCUT2D eigenvalue weighted by Crippen LogP contribution is -2.37. The van der Waals surface area contributed by atoms with Gasteiger partial charge in [0.15, 0.2) is 0 Å². The first kappa shape index (κ1) is 12.6. The van der Waals surface area contributed by atoms with Gasteiger partial charge in [0, 0.05) is 40.8 Å². The molecule has 0 amide bonds. The molecule has 5 heteroatoms. The molecule has 0 saturated heterocycles. The Hall–Kier alpha value is -1.88. The molecule has 18 heavy (non-hydrogen) atoms. The monoisotopic (exact) mass is 247 g/mol. The van der Waals surface area contributed by atoms with Crippen LogP contribution in [0.1, 0.15) is 19.5 Å². The highest BCUT2D eigenvalue weighted by atomic mass is 16.6. The summed E-state index contributed by atoms with van der Waals surface area (Å²) in [6.07, 6.45) is 0. The van der Waals surface area contributed by atoms with Crippen molar-refractivity contribution in [2.24, 2.45) is 5.73 Å². The minimum atomic E-state index is -0.376. The lowest BCUT2D eigenvalue weighted by Gasteiger charge is -2.21. The summed E-state index contributed by atoms with van der Waals surface area (Å²) in [4.78, 5) is 10.4. The largest absolute Gasteiger partial charge is 0.343 e. The van der Waals surface area contributed by atoms with Gasteiger partial charge in [-0.3, -0.25) is 10.1 Å². The maximum Gasteiger partial charge on any atom is 0.270 e. The van der Waals surface area contributed by atoms with Crippen LogP contribution in [-0.2, 0) is 6.54 Å². The summed E-state index contributed by atoms with van der Waals surface area (Å²) in [5, 5.41) is 11.6. The van der Waals surface area contributed by atoms with Crippen molar-refractivity contribution in [3.05, 3.63) is 40.1 Å². The van der Waals surface area contributed by atoms with E-state index < -0.39 is 0 Å². The first-order valence-electron chi connectivity index (χ1n) is 5.81. The van der Waals surface area contributed by atoms with Crippen LogP contribution in [0.2, 0.25) is 0 Å². The van der Waals surface area contributed by atoms with Crippen LogP contribution in [0.5, 0.6) is 0 Å². The minimum Gasteiger partial charge on any atom is -0.343 e. The smallest absolute Gasteiger partial charge is 0.270 e. The van der Waals surface area contributed by atoms with E-state index in [1.165, 1.54) is 6.07 Å². The zero-order chi connectivity index (χ0) is 13.5. The molecule has 0 saturated carbocycles. The van der Waals surface area contributed by atoms with Crippen molar-refractivity contribution >= 4 is 16.6 Å². The average molecular weight is 247 g/mol. The Morgan fingerprint density at radius 1 is 1.39 bits per heavy atom. The summed E-state index contributed by atoms with van der Waals surface area (Å²) in [6, 6.07) is 6.87. The molecule has 1 aromatic heterocycles. The topological polar surface area (TPSA) is 74.1 Å². The second-order valence-corrected chi connectivity index (χ2v) is 5.36. The second-order valence-electron chi connectivity index (χ2n) is 5.36. The molecular weight excluding hydrogens is 230 g/mol. The fourth-order valence-corrected chi connectivity index (χ4v) is 2.13. The van der Waals surface area contributed by atoms with Gasteiger partial charge in [-0.1, -0.05) is 0 Å². The highest BCUT2D eigenvalue weighted by Gasteiger charge is 2.16. The third kappa shape index (κ3) is 2.36. The normalized spacial score (nSPS) is 12.0. The molecule has 0 aliphatic heterocycles. The predicted octanol–water partition coefficient (Wildman–Crippen LogP) is 2.60. The van der Waals surface area contributed by atoms with Crippen molar-refractivity contribution in [2.45, 2.75) is 32.9 Å². The summed E-state index contributed by atoms with van der Waals surface area (Å²) in [6.45, 7) is 6.59. The van der Waals surface area contributed by atoms with Gasteiger partial charge in [-0.2, -0.15) is 0 Å². The lowest BCUT2D eigenvalue weighted by atomic mass is 10.1. The maximum absolute atomic E-state index is 10.7. The predicted molar refractivity (Wildman–Crippen MR) is 71.6 cm³/mol. The van der Waals surface area contributed by atoms with E-state index in [4.69, 9.17) is 5.73 Å². The fraction of sp³-hybridized carbons (Fsp3) is 0.385. The van der Waals surface area contributed by atoms with Gasteiger partial charge < -0.3 is 10.3 Å². The molecule has 0 atom stereocenters. The number of hydrogen-bond donors (Lipinski definition) is 1. The van der Waals surface area contributed by atoms with Gasteiger partial charge in [-0.15, -0.1) is 0 Å². The van der Waals surface area contributed by atoms with Crippen molar-refractivity contribution in [2.75, 3.05) is 0 Å². The average Bonchev–Trinajstić information content (AvgIpc) is 2.52. The van der Waals surface area contributed by atoms with E-state index >= 15 is 0 Å². The number of aromatic nitrogens is 1. The molecule has 0 bridgehead atoms. The Labute approximate surface area is 105 Å². The van der Waals surface area contributed by atoms with E-state index in [9.17, 15) is 10.1 Å². The number of hydrogen-bond acceptors (Lipinski definition) is 3. The number of benzene rings is 1. The Balaban J connectivity index is 2.55. The van der Waals surface area contributed by atoms with Gasteiger partial charge >= 0.3 is 0 Å². The number of nitro groups is 1. The molecule has 0 radical (unpaired) electrons. The molecule has 2 N–H and O–H groups in total. The first-order chi connectivity index (χ1) is 8.28. The van der Waals surface area contributed by atoms with E-state index in [0.717, 1.165) is 16.6 Å². The molecule has 2 aromatic rings. The number of nitrogens with zero attached hydrogens (tertiary/aromatic N) is 2. The molecule has 2 rings (SSSR count). The Morgan fingerprint density at radius 3 is 2.61 bits per heavy atom. The van der Waals surface area contributed by atoms with Gasteiger partial charge in [0.2, 0.25) is 0 Å². The van der Waals surface area contributed by atoms with E-state index in [-0.39, 0.29) is 16.1 Å². The third-order valence-corrected chi connectivity index (χ3v) is 2.87. The van der Waals surface area contributed by atoms with E-state index in [1.807, 2.05) is 26.8 Å². The fourth-order valence-electron chi connectivity index (χ4n) is 2.13. The highest BCUT2D eigenvalue weighted by Crippen LogP contribution is 2.25. The van der Waals surface area contributed by atoms with E-state index in [2.05, 4.69) is 4.57 Å². The van der Waals surface area contributed by atoms with Crippen molar-refractivity contribution in [1.29, 1.82) is 0 Å². The Kier molecular flexibility index (Phi) is 2.86. The van der Waals surface area contributed by atoms with Crippen molar-refractivity contribution in [3.8, 4) is 0 Å². The molecular formula is C13H17N3O2. The molecule has 1 heterocycles. The lowest BCUT2D eigenvalue weighted by molar-refractivity contribution is -0.384. The van der Waals surface area contributed by atoms with E-state index in [1.54, 1.807) is 12.1 Å². The second kappa shape index (κ2) is 4.10. The maximum atomic E-state index is 10.7. The molecule has 5 nitrogen and oxygen atoms in total. The van der Waals surface area contributed by atoms with Gasteiger partial charge in [0.05, 0.1) is 4.92 Å². The number of fused-ring (bicyclic) bond motifs is 1. The Bertz CT molecular complexity index is 608. The molecule has 0 aliphatic carbocycles. The summed E-state index contributed by atoms with van der Waals surface area (Å²) in [5.74, 6) is 0. The van der Waals surface area contributed by atoms with Crippen molar-refractivity contribution in [3.63, 3.8) is 0 Å². The quantitative estimate of drug-likeness (QED) is 0.669. The van der Waals surface area contributed by atoms with Crippen molar-refractivity contribution in [1.82, 2.24) is 4.57 Å². The van der Waals surface area contributed by atoms with Crippen molar-refractivity contribution < 1.29 is 4.92 Å². The zero-order valence-electron chi connectivity index (χ0n) is 10.8.